The Labute approximate surface area is 83.4 Å². The number of nitrogens with zero attached hydrogens (tertiary/aromatic N) is 1. The normalized spacial score (nSPS) is 22.6. The number of imide groups is 1. The fourth-order valence-electron chi connectivity index (χ4n) is 1.49. The number of nitrogens with one attached hydrogen (secondary N) is 1. The number of amides is 2. The Morgan fingerprint density at radius 2 is 2.29 bits per heavy atom. The first-order chi connectivity index (χ1) is 6.65. The minimum atomic E-state index is -0.195. The third-order valence-electron chi connectivity index (χ3n) is 2.39. The second-order valence-electron chi connectivity index (χ2n) is 3.44. The quantitative estimate of drug-likeness (QED) is 0.614. The van der Waals surface area contributed by atoms with Gasteiger partial charge in [0, 0.05) is 20.1 Å². The Morgan fingerprint density at radius 3 is 2.86 bits per heavy atom. The molecule has 80 valence electrons. The molecule has 0 spiro atoms. The van der Waals surface area contributed by atoms with Gasteiger partial charge in [-0.1, -0.05) is 0 Å². The molecule has 0 saturated carbocycles. The van der Waals surface area contributed by atoms with Crippen LogP contribution in [0, 0.1) is 0 Å². The third kappa shape index (κ3) is 2.78. The van der Waals surface area contributed by atoms with Crippen LogP contribution in [0.2, 0.25) is 0 Å². The summed E-state index contributed by atoms with van der Waals surface area (Å²) in [6.07, 6.45) is 1.03. The molecule has 0 aromatic rings. The molecule has 2 amide bonds. The predicted molar refractivity (Wildman–Crippen MR) is 50.7 cm³/mol. The smallest absolute Gasteiger partial charge is 0.243 e. The Kier molecular flexibility index (Phi) is 4.03. The maximum atomic E-state index is 11.4. The van der Waals surface area contributed by atoms with E-state index in [1.807, 2.05) is 11.9 Å². The van der Waals surface area contributed by atoms with Crippen LogP contribution in [-0.4, -0.2) is 50.1 Å². The predicted octanol–water partition coefficient (Wildman–Crippen LogP) is -0.630. The largest absolute Gasteiger partial charge is 0.383 e. The van der Waals surface area contributed by atoms with Crippen LogP contribution in [0.1, 0.15) is 12.8 Å². The molecule has 14 heavy (non-hydrogen) atoms. The van der Waals surface area contributed by atoms with Crippen LogP contribution in [0.5, 0.6) is 0 Å². The van der Waals surface area contributed by atoms with E-state index in [9.17, 15) is 9.59 Å². The average Bonchev–Trinajstić information content (AvgIpc) is 2.14. The van der Waals surface area contributed by atoms with Crippen molar-refractivity contribution in [2.75, 3.05) is 27.3 Å². The fourth-order valence-corrected chi connectivity index (χ4v) is 1.49. The number of methoxy groups -OCH3 is 1. The van der Waals surface area contributed by atoms with Gasteiger partial charge in [-0.05, 0) is 13.5 Å². The Balaban J connectivity index is 2.43. The van der Waals surface area contributed by atoms with Gasteiger partial charge in [0.05, 0.1) is 12.6 Å². The molecule has 1 rings (SSSR count). The molecule has 1 aliphatic rings. The van der Waals surface area contributed by atoms with Gasteiger partial charge in [-0.3, -0.25) is 19.8 Å². The first-order valence-electron chi connectivity index (χ1n) is 4.68. The van der Waals surface area contributed by atoms with E-state index in [4.69, 9.17) is 4.74 Å². The van der Waals surface area contributed by atoms with E-state index in [0.29, 0.717) is 26.0 Å². The van der Waals surface area contributed by atoms with Crippen molar-refractivity contribution in [3.8, 4) is 0 Å². The summed E-state index contributed by atoms with van der Waals surface area (Å²) in [6, 6.07) is -0.192. The molecule has 5 heteroatoms. The summed E-state index contributed by atoms with van der Waals surface area (Å²) >= 11 is 0. The van der Waals surface area contributed by atoms with Crippen LogP contribution in [0.25, 0.3) is 0 Å². The monoisotopic (exact) mass is 200 g/mol. The minimum absolute atomic E-state index is 0.175. The second-order valence-corrected chi connectivity index (χ2v) is 3.44. The summed E-state index contributed by atoms with van der Waals surface area (Å²) in [5.74, 6) is -0.369. The molecule has 1 atom stereocenters. The molecule has 0 bridgehead atoms. The van der Waals surface area contributed by atoms with Gasteiger partial charge in [-0.25, -0.2) is 0 Å². The summed E-state index contributed by atoms with van der Waals surface area (Å²) in [5, 5.41) is 2.33. The first kappa shape index (κ1) is 11.1. The van der Waals surface area contributed by atoms with Gasteiger partial charge in [0.1, 0.15) is 0 Å². The van der Waals surface area contributed by atoms with Crippen molar-refractivity contribution in [1.82, 2.24) is 10.2 Å². The molecule has 1 unspecified atom stereocenters. The van der Waals surface area contributed by atoms with Crippen LogP contribution in [-0.2, 0) is 14.3 Å². The summed E-state index contributed by atoms with van der Waals surface area (Å²) in [6.45, 7) is 1.29. The molecule has 1 fully saturated rings. The highest BCUT2D eigenvalue weighted by atomic mass is 16.5. The van der Waals surface area contributed by atoms with Gasteiger partial charge in [-0.2, -0.15) is 0 Å². The van der Waals surface area contributed by atoms with E-state index >= 15 is 0 Å². The molecule has 0 aromatic carbocycles. The summed E-state index contributed by atoms with van der Waals surface area (Å²) in [4.78, 5) is 24.2. The molecule has 0 radical (unpaired) electrons. The van der Waals surface area contributed by atoms with Crippen molar-refractivity contribution in [3.63, 3.8) is 0 Å². The highest BCUT2D eigenvalue weighted by molar-refractivity contribution is 6.00. The first-order valence-corrected chi connectivity index (χ1v) is 4.68. The van der Waals surface area contributed by atoms with E-state index in [1.165, 1.54) is 0 Å². The molecule has 1 saturated heterocycles. The zero-order valence-electron chi connectivity index (χ0n) is 8.58. The molecule has 1 heterocycles. The lowest BCUT2D eigenvalue weighted by atomic mass is 10.1. The standard InChI is InChI=1S/C9H16N2O3/c1-11(5-6-14-2)7-3-4-8(12)10-9(7)13/h7H,3-6H2,1-2H3,(H,10,12,13). The Hall–Kier alpha value is -0.940. The number of hydrogen-bond donors (Lipinski definition) is 1. The van der Waals surface area contributed by atoms with Gasteiger partial charge in [0.15, 0.2) is 0 Å². The molecular weight excluding hydrogens is 184 g/mol. The van der Waals surface area contributed by atoms with Gasteiger partial charge in [0.2, 0.25) is 11.8 Å². The summed E-state index contributed by atoms with van der Waals surface area (Å²) < 4.78 is 4.92. The topological polar surface area (TPSA) is 58.6 Å². The van der Waals surface area contributed by atoms with Crippen LogP contribution < -0.4 is 5.32 Å². The zero-order valence-corrected chi connectivity index (χ0v) is 8.58. The average molecular weight is 200 g/mol. The number of carbonyl (C=O) groups is 2. The Bertz CT molecular complexity index is 230. The van der Waals surface area contributed by atoms with E-state index in [-0.39, 0.29) is 17.9 Å². The van der Waals surface area contributed by atoms with Gasteiger partial charge in [0.25, 0.3) is 0 Å². The highest BCUT2D eigenvalue weighted by Gasteiger charge is 2.29. The van der Waals surface area contributed by atoms with Crippen molar-refractivity contribution < 1.29 is 14.3 Å². The Morgan fingerprint density at radius 1 is 1.57 bits per heavy atom. The minimum Gasteiger partial charge on any atom is -0.383 e. The number of carbonyl (C=O) groups excluding carboxylic acids is 2. The molecule has 1 aliphatic heterocycles. The van der Waals surface area contributed by atoms with Crippen LogP contribution in [0.3, 0.4) is 0 Å². The number of hydrogen-bond acceptors (Lipinski definition) is 4. The number of rotatable bonds is 4. The van der Waals surface area contributed by atoms with Crippen molar-refractivity contribution in [2.24, 2.45) is 0 Å². The highest BCUT2D eigenvalue weighted by Crippen LogP contribution is 2.09. The third-order valence-corrected chi connectivity index (χ3v) is 2.39. The van der Waals surface area contributed by atoms with Gasteiger partial charge in [-0.15, -0.1) is 0 Å². The molecule has 0 aromatic heterocycles. The molecule has 0 aliphatic carbocycles. The zero-order chi connectivity index (χ0) is 10.6. The summed E-state index contributed by atoms with van der Waals surface area (Å²) in [5.41, 5.74) is 0. The number of ether oxygens (including phenoxy) is 1. The fraction of sp³-hybridized carbons (Fsp3) is 0.778. The van der Waals surface area contributed by atoms with Gasteiger partial charge >= 0.3 is 0 Å². The molecule has 1 N–H and O–H groups in total. The molecular formula is C9H16N2O3. The van der Waals surface area contributed by atoms with E-state index in [1.54, 1.807) is 7.11 Å². The number of piperidine rings is 1. The maximum Gasteiger partial charge on any atom is 0.243 e. The second kappa shape index (κ2) is 5.07. The van der Waals surface area contributed by atoms with Crippen LogP contribution in [0.4, 0.5) is 0 Å². The van der Waals surface area contributed by atoms with Crippen molar-refractivity contribution >= 4 is 11.8 Å². The van der Waals surface area contributed by atoms with E-state index in [2.05, 4.69) is 5.32 Å². The van der Waals surface area contributed by atoms with E-state index in [0.717, 1.165) is 0 Å². The lowest BCUT2D eigenvalue weighted by Gasteiger charge is -2.29. The summed E-state index contributed by atoms with van der Waals surface area (Å²) in [7, 11) is 3.48. The SMILES string of the molecule is COCCN(C)C1CCC(=O)NC1=O. The van der Waals surface area contributed by atoms with Crippen molar-refractivity contribution in [2.45, 2.75) is 18.9 Å². The number of likely N-dealkylation sites (N-methyl/N-ethyl adjacent to an activating group) is 1. The maximum absolute atomic E-state index is 11.4. The molecule has 5 nitrogen and oxygen atoms in total. The van der Waals surface area contributed by atoms with Gasteiger partial charge < -0.3 is 4.74 Å². The van der Waals surface area contributed by atoms with Crippen LogP contribution in [0.15, 0.2) is 0 Å². The van der Waals surface area contributed by atoms with E-state index < -0.39 is 0 Å². The van der Waals surface area contributed by atoms with Crippen molar-refractivity contribution in [3.05, 3.63) is 0 Å². The lowest BCUT2D eigenvalue weighted by Crippen LogP contribution is -2.51. The van der Waals surface area contributed by atoms with Crippen molar-refractivity contribution in [1.29, 1.82) is 0 Å². The lowest BCUT2D eigenvalue weighted by molar-refractivity contribution is -0.137. The van der Waals surface area contributed by atoms with Crippen LogP contribution >= 0.6 is 0 Å².